The first-order chi connectivity index (χ1) is 7.76. The zero-order chi connectivity index (χ0) is 11.5. The second-order valence-electron chi connectivity index (χ2n) is 3.57. The summed E-state index contributed by atoms with van der Waals surface area (Å²) in [7, 11) is 0. The van der Waals surface area contributed by atoms with Crippen molar-refractivity contribution >= 4 is 10.9 Å². The Kier molecular flexibility index (Phi) is 2.74. The lowest BCUT2D eigenvalue weighted by atomic mass is 10.1. The van der Waals surface area contributed by atoms with Crippen LogP contribution in [0.1, 0.15) is 11.1 Å². The maximum atomic E-state index is 9.98. The van der Waals surface area contributed by atoms with Gasteiger partial charge in [-0.2, -0.15) is 5.26 Å². The van der Waals surface area contributed by atoms with Crippen LogP contribution in [0.15, 0.2) is 24.4 Å². The van der Waals surface area contributed by atoms with E-state index in [0.29, 0.717) is 18.2 Å². The van der Waals surface area contributed by atoms with Crippen molar-refractivity contribution in [2.75, 3.05) is 0 Å². The van der Waals surface area contributed by atoms with Gasteiger partial charge in [-0.25, -0.2) is 0 Å². The quantitative estimate of drug-likeness (QED) is 0.829. The van der Waals surface area contributed by atoms with E-state index in [1.165, 1.54) is 0 Å². The van der Waals surface area contributed by atoms with E-state index in [1.807, 2.05) is 12.1 Å². The van der Waals surface area contributed by atoms with Gasteiger partial charge in [-0.3, -0.25) is 4.98 Å². The van der Waals surface area contributed by atoms with Crippen LogP contribution in [0, 0.1) is 18.3 Å². The van der Waals surface area contributed by atoms with Gasteiger partial charge in [0.1, 0.15) is 5.75 Å². The zero-order valence-corrected chi connectivity index (χ0v) is 8.77. The fourth-order valence-electron chi connectivity index (χ4n) is 1.65. The van der Waals surface area contributed by atoms with E-state index < -0.39 is 0 Å². The van der Waals surface area contributed by atoms with Crippen molar-refractivity contribution < 1.29 is 5.11 Å². The maximum Gasteiger partial charge on any atom is 0.129 e. The average molecular weight is 211 g/mol. The van der Waals surface area contributed by atoms with Crippen LogP contribution >= 0.6 is 0 Å². The topological polar surface area (TPSA) is 56.9 Å². The van der Waals surface area contributed by atoms with Crippen molar-refractivity contribution in [2.45, 2.75) is 12.8 Å². The van der Waals surface area contributed by atoms with E-state index in [4.69, 9.17) is 5.26 Å². The average Bonchev–Trinajstić information content (AvgIpc) is 2.31. The molecular weight excluding hydrogens is 200 g/mol. The summed E-state index contributed by atoms with van der Waals surface area (Å²) < 4.78 is 0. The molecule has 1 aromatic carbocycles. The highest BCUT2D eigenvalue weighted by atomic mass is 16.3. The zero-order valence-electron chi connectivity index (χ0n) is 8.77. The molecule has 0 saturated carbocycles. The van der Waals surface area contributed by atoms with Crippen LogP contribution in [0.5, 0.6) is 5.75 Å². The summed E-state index contributed by atoms with van der Waals surface area (Å²) in [6.45, 7) is 3.73. The Bertz CT molecular complexity index is 570. The summed E-state index contributed by atoms with van der Waals surface area (Å²) in [5.41, 5.74) is 2.34. The summed E-state index contributed by atoms with van der Waals surface area (Å²) in [6.07, 6.45) is 2.47. The molecule has 0 atom stereocenters. The third-order valence-electron chi connectivity index (χ3n) is 2.53. The third-order valence-corrected chi connectivity index (χ3v) is 2.53. The molecule has 3 nitrogen and oxygen atoms in total. The van der Waals surface area contributed by atoms with Crippen molar-refractivity contribution in [1.82, 2.24) is 4.98 Å². The van der Waals surface area contributed by atoms with E-state index >= 15 is 0 Å². The largest absolute Gasteiger partial charge is 0.507 e. The first-order valence-electron chi connectivity index (χ1n) is 5.02. The first kappa shape index (κ1) is 10.4. The lowest BCUT2D eigenvalue weighted by molar-refractivity contribution is 0.475. The molecule has 3 heteroatoms. The van der Waals surface area contributed by atoms with Gasteiger partial charge >= 0.3 is 0 Å². The molecule has 16 heavy (non-hydrogen) atoms. The summed E-state index contributed by atoms with van der Waals surface area (Å²) >= 11 is 0. The maximum absolute atomic E-state index is 9.98. The highest BCUT2D eigenvalue weighted by molar-refractivity contribution is 5.86. The summed E-state index contributed by atoms with van der Waals surface area (Å²) in [6, 6.07) is 7.55. The summed E-state index contributed by atoms with van der Waals surface area (Å²) in [5, 5.41) is 19.3. The first-order valence-corrected chi connectivity index (χ1v) is 5.02. The van der Waals surface area contributed by atoms with Gasteiger partial charge in [-0.15, -0.1) is 0 Å². The number of aromatic nitrogens is 1. The van der Waals surface area contributed by atoms with Crippen molar-refractivity contribution in [3.63, 3.8) is 0 Å². The molecule has 0 bridgehead atoms. The lowest BCUT2D eigenvalue weighted by Gasteiger charge is -2.06. The van der Waals surface area contributed by atoms with Gasteiger partial charge in [0.15, 0.2) is 0 Å². The molecule has 79 valence electrons. The van der Waals surface area contributed by atoms with Gasteiger partial charge in [0, 0.05) is 17.1 Å². The van der Waals surface area contributed by atoms with Crippen molar-refractivity contribution in [2.24, 2.45) is 0 Å². The smallest absolute Gasteiger partial charge is 0.129 e. The number of rotatable bonds is 2. The number of nitriles is 1. The lowest BCUT2D eigenvalue weighted by Crippen LogP contribution is -1.89. The Morgan fingerprint density at radius 3 is 2.94 bits per heavy atom. The van der Waals surface area contributed by atoms with Crippen molar-refractivity contribution in [1.29, 1.82) is 5.26 Å². The Hall–Kier alpha value is -2.08. The molecule has 0 aliphatic carbocycles. The molecule has 0 aliphatic rings. The molecule has 1 radical (unpaired) electrons. The van der Waals surface area contributed by atoms with Crippen LogP contribution in [0.2, 0.25) is 0 Å². The van der Waals surface area contributed by atoms with Crippen LogP contribution in [-0.4, -0.2) is 10.1 Å². The van der Waals surface area contributed by atoms with Gasteiger partial charge < -0.3 is 5.11 Å². The Balaban J connectivity index is 2.65. The number of pyridine rings is 1. The molecule has 0 saturated heterocycles. The van der Waals surface area contributed by atoms with E-state index in [0.717, 1.165) is 16.6 Å². The van der Waals surface area contributed by atoms with Gasteiger partial charge in [-0.05, 0) is 31.0 Å². The Labute approximate surface area is 94.0 Å². The molecule has 2 aromatic rings. The fourth-order valence-corrected chi connectivity index (χ4v) is 1.65. The standard InChI is InChI=1S/C13H11N2O/c1-2-10-8-15-12-4-3-9(5-6-14)7-11(12)13(10)16/h3-4,7-8H,1-2,5H2,(H,15,16). The molecule has 0 fully saturated rings. The van der Waals surface area contributed by atoms with Crippen LogP contribution in [-0.2, 0) is 12.8 Å². The molecule has 1 N–H and O–H groups in total. The van der Waals surface area contributed by atoms with Gasteiger partial charge in [0.25, 0.3) is 0 Å². The molecule has 0 aliphatic heterocycles. The minimum atomic E-state index is 0.222. The summed E-state index contributed by atoms with van der Waals surface area (Å²) in [5.74, 6) is 0.222. The highest BCUT2D eigenvalue weighted by Crippen LogP contribution is 2.28. The van der Waals surface area contributed by atoms with Crippen LogP contribution < -0.4 is 0 Å². The molecule has 0 amide bonds. The van der Waals surface area contributed by atoms with E-state index in [2.05, 4.69) is 18.0 Å². The number of hydrogen-bond donors (Lipinski definition) is 1. The molecule has 1 heterocycles. The second-order valence-corrected chi connectivity index (χ2v) is 3.57. The fraction of sp³-hybridized carbons (Fsp3) is 0.154. The number of aromatic hydroxyl groups is 1. The van der Waals surface area contributed by atoms with Crippen LogP contribution in [0.3, 0.4) is 0 Å². The predicted molar refractivity (Wildman–Crippen MR) is 61.8 cm³/mol. The molecular formula is C13H11N2O. The number of nitrogens with zero attached hydrogens (tertiary/aromatic N) is 2. The van der Waals surface area contributed by atoms with Gasteiger partial charge in [0.05, 0.1) is 18.0 Å². The van der Waals surface area contributed by atoms with Gasteiger partial charge in [-0.1, -0.05) is 6.07 Å². The molecule has 2 rings (SSSR count). The SMILES string of the molecule is [CH2]Cc1cnc2ccc(CC#N)cc2c1O. The molecule has 0 spiro atoms. The summed E-state index contributed by atoms with van der Waals surface area (Å²) in [4.78, 5) is 4.23. The van der Waals surface area contributed by atoms with Crippen molar-refractivity contribution in [3.05, 3.63) is 42.4 Å². The van der Waals surface area contributed by atoms with Crippen molar-refractivity contribution in [3.8, 4) is 11.8 Å². The minimum absolute atomic E-state index is 0.222. The Morgan fingerprint density at radius 2 is 2.25 bits per heavy atom. The number of benzene rings is 1. The monoisotopic (exact) mass is 211 g/mol. The van der Waals surface area contributed by atoms with Crippen LogP contribution in [0.4, 0.5) is 0 Å². The second kappa shape index (κ2) is 4.19. The minimum Gasteiger partial charge on any atom is -0.507 e. The highest BCUT2D eigenvalue weighted by Gasteiger charge is 2.06. The molecule has 0 unspecified atom stereocenters. The van der Waals surface area contributed by atoms with E-state index in [1.54, 1.807) is 12.3 Å². The predicted octanol–water partition coefficient (Wildman–Crippen LogP) is 2.38. The number of hydrogen-bond acceptors (Lipinski definition) is 3. The molecule has 1 aromatic heterocycles. The van der Waals surface area contributed by atoms with Gasteiger partial charge in [0.2, 0.25) is 0 Å². The van der Waals surface area contributed by atoms with Crippen LogP contribution in [0.25, 0.3) is 10.9 Å². The normalized spacial score (nSPS) is 10.2. The van der Waals surface area contributed by atoms with E-state index in [9.17, 15) is 5.11 Å². The third kappa shape index (κ3) is 1.70. The van der Waals surface area contributed by atoms with E-state index in [-0.39, 0.29) is 5.75 Å². The number of fused-ring (bicyclic) bond motifs is 1. The Morgan fingerprint density at radius 1 is 1.44 bits per heavy atom.